The molecule has 0 aliphatic carbocycles. The van der Waals surface area contributed by atoms with Crippen LogP contribution >= 0.6 is 12.6 Å². The first kappa shape index (κ1) is 10.8. The first-order valence-electron chi connectivity index (χ1n) is 4.50. The van der Waals surface area contributed by atoms with E-state index in [2.05, 4.69) is 22.8 Å². The van der Waals surface area contributed by atoms with Crippen LogP contribution in [-0.4, -0.2) is 54.5 Å². The van der Waals surface area contributed by atoms with Crippen LogP contribution in [0.5, 0.6) is 0 Å². The number of nitrogens with zero attached hydrogens (tertiary/aromatic N) is 1. The van der Waals surface area contributed by atoms with E-state index in [1.54, 1.807) is 0 Å². The minimum Gasteiger partial charge on any atom is -0.481 e. The summed E-state index contributed by atoms with van der Waals surface area (Å²) in [7, 11) is 0. The van der Waals surface area contributed by atoms with Gasteiger partial charge in [0.2, 0.25) is 0 Å². The normalized spacial score (nSPS) is 21.3. The fourth-order valence-corrected chi connectivity index (χ4v) is 1.69. The summed E-state index contributed by atoms with van der Waals surface area (Å²) in [5.74, 6) is -0.658. The molecule has 0 bridgehead atoms. The van der Waals surface area contributed by atoms with Crippen molar-refractivity contribution < 1.29 is 9.90 Å². The molecule has 1 heterocycles. The van der Waals surface area contributed by atoms with E-state index in [0.29, 0.717) is 12.3 Å². The third-order valence-corrected chi connectivity index (χ3v) is 2.70. The number of carbonyl (C=O) groups is 1. The minimum absolute atomic E-state index is 0.332. The molecule has 0 radical (unpaired) electrons. The van der Waals surface area contributed by atoms with Crippen molar-refractivity contribution in [3.8, 4) is 0 Å². The maximum absolute atomic E-state index is 10.7. The molecule has 0 saturated carbocycles. The smallest absolute Gasteiger partial charge is 0.308 e. The highest BCUT2D eigenvalue weighted by Gasteiger charge is 2.20. The zero-order chi connectivity index (χ0) is 9.68. The zero-order valence-corrected chi connectivity index (χ0v) is 8.46. The number of nitrogens with one attached hydrogen (secondary N) is 1. The lowest BCUT2D eigenvalue weighted by atomic mass is 10.1. The molecular formula is C8H16N2O2S. The number of hydrogen-bond donors (Lipinski definition) is 3. The number of carboxylic acid groups (broad SMARTS) is 1. The molecule has 5 heteroatoms. The maximum atomic E-state index is 10.7. The van der Waals surface area contributed by atoms with Gasteiger partial charge in [0, 0.05) is 38.5 Å². The van der Waals surface area contributed by atoms with Crippen LogP contribution in [0.15, 0.2) is 0 Å². The number of piperazine rings is 1. The molecule has 0 spiro atoms. The lowest BCUT2D eigenvalue weighted by Crippen LogP contribution is -2.46. The van der Waals surface area contributed by atoms with Crippen LogP contribution in [0.2, 0.25) is 0 Å². The van der Waals surface area contributed by atoms with E-state index in [1.807, 2.05) is 0 Å². The summed E-state index contributed by atoms with van der Waals surface area (Å²) in [6.45, 7) is 4.42. The van der Waals surface area contributed by atoms with E-state index in [-0.39, 0.29) is 5.92 Å². The molecule has 4 nitrogen and oxygen atoms in total. The van der Waals surface area contributed by atoms with Crippen LogP contribution in [0.25, 0.3) is 0 Å². The number of rotatable bonds is 4. The fourth-order valence-electron chi connectivity index (χ4n) is 1.42. The van der Waals surface area contributed by atoms with E-state index in [0.717, 1.165) is 26.2 Å². The highest BCUT2D eigenvalue weighted by molar-refractivity contribution is 7.80. The van der Waals surface area contributed by atoms with Crippen molar-refractivity contribution in [2.75, 3.05) is 38.5 Å². The van der Waals surface area contributed by atoms with Crippen LogP contribution in [0, 0.1) is 5.92 Å². The molecule has 1 aliphatic heterocycles. The quantitative estimate of drug-likeness (QED) is 0.542. The van der Waals surface area contributed by atoms with Gasteiger partial charge in [0.1, 0.15) is 0 Å². The summed E-state index contributed by atoms with van der Waals surface area (Å²) in [6, 6.07) is 0. The van der Waals surface area contributed by atoms with Gasteiger partial charge in [-0.05, 0) is 0 Å². The summed E-state index contributed by atoms with van der Waals surface area (Å²) in [6.07, 6.45) is 0. The number of carboxylic acids is 1. The molecule has 2 N–H and O–H groups in total. The molecule has 1 saturated heterocycles. The van der Waals surface area contributed by atoms with Gasteiger partial charge in [0.15, 0.2) is 0 Å². The Balaban J connectivity index is 2.31. The van der Waals surface area contributed by atoms with Crippen LogP contribution in [0.4, 0.5) is 0 Å². The average Bonchev–Trinajstić information content (AvgIpc) is 2.15. The van der Waals surface area contributed by atoms with Gasteiger partial charge in [-0.15, -0.1) is 0 Å². The Morgan fingerprint density at radius 3 is 2.62 bits per heavy atom. The third-order valence-electron chi connectivity index (χ3n) is 2.26. The van der Waals surface area contributed by atoms with E-state index < -0.39 is 5.97 Å². The summed E-state index contributed by atoms with van der Waals surface area (Å²) in [5, 5.41) is 12.0. The Labute approximate surface area is 83.7 Å². The average molecular weight is 204 g/mol. The first-order chi connectivity index (χ1) is 6.24. The Morgan fingerprint density at radius 2 is 2.15 bits per heavy atom. The van der Waals surface area contributed by atoms with Gasteiger partial charge in [0.05, 0.1) is 5.92 Å². The molecule has 0 aromatic rings. The molecule has 0 aromatic carbocycles. The van der Waals surface area contributed by atoms with Crippen molar-refractivity contribution in [2.45, 2.75) is 0 Å². The Kier molecular flexibility index (Phi) is 4.55. The van der Waals surface area contributed by atoms with Crippen molar-refractivity contribution in [3.63, 3.8) is 0 Å². The maximum Gasteiger partial charge on any atom is 0.308 e. The standard InChI is InChI=1S/C8H16N2O2S/c11-8(12)7(6-13)5-10-3-1-9-2-4-10/h7,9,13H,1-6H2,(H,11,12). The second-order valence-corrected chi connectivity index (χ2v) is 3.63. The van der Waals surface area contributed by atoms with Crippen molar-refractivity contribution in [3.05, 3.63) is 0 Å². The third kappa shape index (κ3) is 3.54. The molecule has 13 heavy (non-hydrogen) atoms. The van der Waals surface area contributed by atoms with Crippen molar-refractivity contribution in [1.82, 2.24) is 10.2 Å². The SMILES string of the molecule is O=C(O)C(CS)CN1CCNCC1. The molecule has 0 amide bonds. The fraction of sp³-hybridized carbons (Fsp3) is 0.875. The summed E-state index contributed by atoms with van der Waals surface area (Å²) in [5.41, 5.74) is 0. The predicted octanol–water partition coefficient (Wildman–Crippen LogP) is -0.478. The highest BCUT2D eigenvalue weighted by Crippen LogP contribution is 2.04. The molecule has 1 aliphatic rings. The molecule has 1 rings (SSSR count). The van der Waals surface area contributed by atoms with Gasteiger partial charge in [-0.25, -0.2) is 0 Å². The van der Waals surface area contributed by atoms with Crippen LogP contribution in [0.1, 0.15) is 0 Å². The van der Waals surface area contributed by atoms with E-state index in [9.17, 15) is 4.79 Å². The Bertz CT molecular complexity index is 172. The Morgan fingerprint density at radius 1 is 1.54 bits per heavy atom. The molecular weight excluding hydrogens is 188 g/mol. The summed E-state index contributed by atoms with van der Waals surface area (Å²) < 4.78 is 0. The van der Waals surface area contributed by atoms with Gasteiger partial charge in [-0.2, -0.15) is 12.6 Å². The van der Waals surface area contributed by atoms with Gasteiger partial charge in [0.25, 0.3) is 0 Å². The second-order valence-electron chi connectivity index (χ2n) is 3.27. The monoisotopic (exact) mass is 204 g/mol. The number of thiol groups is 1. The van der Waals surface area contributed by atoms with Gasteiger partial charge < -0.3 is 10.4 Å². The van der Waals surface area contributed by atoms with Crippen molar-refractivity contribution >= 4 is 18.6 Å². The van der Waals surface area contributed by atoms with E-state index in [4.69, 9.17) is 5.11 Å². The zero-order valence-electron chi connectivity index (χ0n) is 7.57. The summed E-state index contributed by atoms with van der Waals surface area (Å²) >= 11 is 4.03. The van der Waals surface area contributed by atoms with Gasteiger partial charge in [-0.3, -0.25) is 9.69 Å². The number of aliphatic carboxylic acids is 1. The van der Waals surface area contributed by atoms with Gasteiger partial charge >= 0.3 is 5.97 Å². The molecule has 1 fully saturated rings. The second kappa shape index (κ2) is 5.47. The predicted molar refractivity (Wildman–Crippen MR) is 54.3 cm³/mol. The van der Waals surface area contributed by atoms with Crippen LogP contribution in [0.3, 0.4) is 0 Å². The van der Waals surface area contributed by atoms with E-state index >= 15 is 0 Å². The lowest BCUT2D eigenvalue weighted by molar-refractivity contribution is -0.141. The topological polar surface area (TPSA) is 52.6 Å². The summed E-state index contributed by atoms with van der Waals surface area (Å²) in [4.78, 5) is 12.9. The highest BCUT2D eigenvalue weighted by atomic mass is 32.1. The lowest BCUT2D eigenvalue weighted by Gasteiger charge is -2.28. The van der Waals surface area contributed by atoms with Crippen LogP contribution in [-0.2, 0) is 4.79 Å². The molecule has 0 aromatic heterocycles. The van der Waals surface area contributed by atoms with Crippen molar-refractivity contribution in [2.24, 2.45) is 5.92 Å². The number of hydrogen-bond acceptors (Lipinski definition) is 4. The first-order valence-corrected chi connectivity index (χ1v) is 5.14. The van der Waals surface area contributed by atoms with Crippen molar-refractivity contribution in [1.29, 1.82) is 0 Å². The van der Waals surface area contributed by atoms with Crippen LogP contribution < -0.4 is 5.32 Å². The largest absolute Gasteiger partial charge is 0.481 e. The molecule has 1 atom stereocenters. The molecule has 1 unspecified atom stereocenters. The molecule has 76 valence electrons. The van der Waals surface area contributed by atoms with E-state index in [1.165, 1.54) is 0 Å². The van der Waals surface area contributed by atoms with Gasteiger partial charge in [-0.1, -0.05) is 0 Å². The Hall–Kier alpha value is -0.260. The minimum atomic E-state index is -0.742.